The SMILES string of the molecule is CCCC(c1nc2ccccc2c(=O)n1CC)N1CCN(S(=O)(=O)c2ccc(OC)cc2)CC1. The van der Waals surface area contributed by atoms with E-state index < -0.39 is 10.0 Å². The molecule has 0 bridgehead atoms. The first kappa shape index (κ1) is 24.4. The molecule has 0 radical (unpaired) electrons. The molecule has 1 aliphatic rings. The van der Waals surface area contributed by atoms with E-state index in [2.05, 4.69) is 11.8 Å². The van der Waals surface area contributed by atoms with Gasteiger partial charge >= 0.3 is 0 Å². The first-order chi connectivity index (χ1) is 16.4. The summed E-state index contributed by atoms with van der Waals surface area (Å²) in [5, 5.41) is 0.624. The van der Waals surface area contributed by atoms with Crippen LogP contribution in [0.1, 0.15) is 38.6 Å². The van der Waals surface area contributed by atoms with E-state index in [0.717, 1.165) is 18.7 Å². The predicted molar refractivity (Wildman–Crippen MR) is 133 cm³/mol. The van der Waals surface area contributed by atoms with Crippen LogP contribution in [-0.2, 0) is 16.6 Å². The first-order valence-corrected chi connectivity index (χ1v) is 13.2. The minimum atomic E-state index is -3.58. The summed E-state index contributed by atoms with van der Waals surface area (Å²) in [6, 6.07) is 13.9. The van der Waals surface area contributed by atoms with Gasteiger partial charge in [-0.3, -0.25) is 14.3 Å². The van der Waals surface area contributed by atoms with E-state index in [1.807, 2.05) is 31.2 Å². The fraction of sp³-hybridized carbons (Fsp3) is 0.440. The van der Waals surface area contributed by atoms with Crippen molar-refractivity contribution in [1.29, 1.82) is 0 Å². The number of fused-ring (bicyclic) bond motifs is 1. The third kappa shape index (κ3) is 4.60. The number of benzene rings is 2. The maximum Gasteiger partial charge on any atom is 0.261 e. The fourth-order valence-corrected chi connectivity index (χ4v) is 6.07. The lowest BCUT2D eigenvalue weighted by Crippen LogP contribution is -2.50. The van der Waals surface area contributed by atoms with Gasteiger partial charge in [0.2, 0.25) is 10.0 Å². The Kier molecular flexibility index (Phi) is 7.35. The number of ether oxygens (including phenoxy) is 1. The second kappa shape index (κ2) is 10.2. The van der Waals surface area contributed by atoms with E-state index in [1.165, 1.54) is 4.31 Å². The molecule has 1 aromatic heterocycles. The molecule has 1 aliphatic heterocycles. The Bertz CT molecular complexity index is 1300. The van der Waals surface area contributed by atoms with Crippen molar-refractivity contribution >= 4 is 20.9 Å². The molecular weight excluding hydrogens is 452 g/mol. The molecule has 1 saturated heterocycles. The van der Waals surface area contributed by atoms with Crippen molar-refractivity contribution in [2.75, 3.05) is 33.3 Å². The Labute approximate surface area is 200 Å². The molecule has 34 heavy (non-hydrogen) atoms. The minimum Gasteiger partial charge on any atom is -0.497 e. The summed E-state index contributed by atoms with van der Waals surface area (Å²) in [6.45, 7) is 6.55. The molecule has 4 rings (SSSR count). The summed E-state index contributed by atoms with van der Waals surface area (Å²) in [4.78, 5) is 20.6. The second-order valence-corrected chi connectivity index (χ2v) is 10.4. The van der Waals surface area contributed by atoms with E-state index in [9.17, 15) is 13.2 Å². The van der Waals surface area contributed by atoms with Crippen molar-refractivity contribution in [2.24, 2.45) is 0 Å². The number of nitrogens with zero attached hydrogens (tertiary/aromatic N) is 4. The summed E-state index contributed by atoms with van der Waals surface area (Å²) >= 11 is 0. The number of sulfonamides is 1. The van der Waals surface area contributed by atoms with Gasteiger partial charge in [0.1, 0.15) is 11.6 Å². The number of hydrogen-bond donors (Lipinski definition) is 0. The maximum atomic E-state index is 13.2. The summed E-state index contributed by atoms with van der Waals surface area (Å²) in [5.41, 5.74) is 0.680. The highest BCUT2D eigenvalue weighted by atomic mass is 32.2. The third-order valence-corrected chi connectivity index (χ3v) is 8.39. The number of aromatic nitrogens is 2. The van der Waals surface area contributed by atoms with Crippen molar-refractivity contribution in [2.45, 2.75) is 44.2 Å². The van der Waals surface area contributed by atoms with Gasteiger partial charge in [0.15, 0.2) is 0 Å². The summed E-state index contributed by atoms with van der Waals surface area (Å²) in [5.74, 6) is 1.38. The number of piperazine rings is 1. The van der Waals surface area contributed by atoms with Crippen LogP contribution in [-0.4, -0.2) is 60.5 Å². The van der Waals surface area contributed by atoms with Crippen LogP contribution >= 0.6 is 0 Å². The Balaban J connectivity index is 1.59. The highest BCUT2D eigenvalue weighted by Crippen LogP contribution is 2.28. The van der Waals surface area contributed by atoms with Crippen LogP contribution in [0.4, 0.5) is 0 Å². The quantitative estimate of drug-likeness (QED) is 0.488. The van der Waals surface area contributed by atoms with E-state index >= 15 is 0 Å². The largest absolute Gasteiger partial charge is 0.497 e. The zero-order valence-corrected chi connectivity index (χ0v) is 20.8. The lowest BCUT2D eigenvalue weighted by molar-refractivity contribution is 0.122. The monoisotopic (exact) mass is 484 g/mol. The molecular formula is C25H32N4O4S. The number of para-hydroxylation sites is 1. The molecule has 9 heteroatoms. The topological polar surface area (TPSA) is 84.7 Å². The van der Waals surface area contributed by atoms with Crippen LogP contribution in [0.5, 0.6) is 5.75 Å². The van der Waals surface area contributed by atoms with Gasteiger partial charge in [-0.15, -0.1) is 0 Å². The molecule has 0 N–H and O–H groups in total. The van der Waals surface area contributed by atoms with Gasteiger partial charge < -0.3 is 4.74 Å². The van der Waals surface area contributed by atoms with E-state index in [-0.39, 0.29) is 16.5 Å². The number of hydrogen-bond acceptors (Lipinski definition) is 6. The second-order valence-electron chi connectivity index (χ2n) is 8.46. The molecule has 1 atom stereocenters. The van der Waals surface area contributed by atoms with Gasteiger partial charge in [-0.1, -0.05) is 25.5 Å². The van der Waals surface area contributed by atoms with Gasteiger partial charge in [-0.2, -0.15) is 4.31 Å². The molecule has 1 fully saturated rings. The van der Waals surface area contributed by atoms with Gasteiger partial charge in [0, 0.05) is 32.7 Å². The van der Waals surface area contributed by atoms with Crippen molar-refractivity contribution in [3.63, 3.8) is 0 Å². The van der Waals surface area contributed by atoms with Crippen LogP contribution in [0, 0.1) is 0 Å². The minimum absolute atomic E-state index is 0.0232. The van der Waals surface area contributed by atoms with Gasteiger partial charge in [0.25, 0.3) is 5.56 Å². The number of rotatable bonds is 8. The molecule has 8 nitrogen and oxygen atoms in total. The molecule has 3 aromatic rings. The standard InChI is InChI=1S/C25H32N4O4S/c1-4-8-23(24-26-22-10-7-6-9-21(22)25(30)29(24)5-2)27-15-17-28(18-16-27)34(31,32)20-13-11-19(33-3)12-14-20/h6-7,9-14,23H,4-5,8,15-18H2,1-3H3. The van der Waals surface area contributed by atoms with Crippen LogP contribution in [0.3, 0.4) is 0 Å². The maximum absolute atomic E-state index is 13.2. The Morgan fingerprint density at radius 1 is 1.00 bits per heavy atom. The Morgan fingerprint density at radius 2 is 1.68 bits per heavy atom. The van der Waals surface area contributed by atoms with Crippen LogP contribution in [0.15, 0.2) is 58.2 Å². The van der Waals surface area contributed by atoms with Crippen molar-refractivity contribution in [3.8, 4) is 5.75 Å². The normalized spacial score (nSPS) is 16.6. The zero-order valence-electron chi connectivity index (χ0n) is 20.0. The van der Waals surface area contributed by atoms with Crippen molar-refractivity contribution in [3.05, 3.63) is 64.7 Å². The molecule has 1 unspecified atom stereocenters. The molecule has 0 spiro atoms. The summed E-state index contributed by atoms with van der Waals surface area (Å²) < 4.78 is 34.8. The summed E-state index contributed by atoms with van der Waals surface area (Å²) in [6.07, 6.45) is 1.78. The molecule has 0 amide bonds. The summed E-state index contributed by atoms with van der Waals surface area (Å²) in [7, 11) is -2.03. The van der Waals surface area contributed by atoms with Crippen LogP contribution < -0.4 is 10.3 Å². The van der Waals surface area contributed by atoms with Gasteiger partial charge in [-0.25, -0.2) is 13.4 Å². The number of methoxy groups -OCH3 is 1. The van der Waals surface area contributed by atoms with E-state index in [1.54, 1.807) is 35.9 Å². The zero-order chi connectivity index (χ0) is 24.3. The van der Waals surface area contributed by atoms with Gasteiger partial charge in [0.05, 0.1) is 29.0 Å². The molecule has 2 heterocycles. The Morgan fingerprint density at radius 3 is 2.29 bits per heavy atom. The third-order valence-electron chi connectivity index (χ3n) is 6.48. The molecule has 2 aromatic carbocycles. The Hall–Kier alpha value is -2.75. The lowest BCUT2D eigenvalue weighted by atomic mass is 10.1. The predicted octanol–water partition coefficient (Wildman–Crippen LogP) is 3.27. The van der Waals surface area contributed by atoms with Gasteiger partial charge in [-0.05, 0) is 49.7 Å². The van der Waals surface area contributed by atoms with E-state index in [4.69, 9.17) is 9.72 Å². The smallest absolute Gasteiger partial charge is 0.261 e. The molecule has 0 saturated carbocycles. The van der Waals surface area contributed by atoms with Crippen LogP contribution in [0.2, 0.25) is 0 Å². The van der Waals surface area contributed by atoms with Crippen molar-refractivity contribution in [1.82, 2.24) is 18.8 Å². The van der Waals surface area contributed by atoms with E-state index in [0.29, 0.717) is 49.4 Å². The highest BCUT2D eigenvalue weighted by molar-refractivity contribution is 7.89. The first-order valence-electron chi connectivity index (χ1n) is 11.8. The fourth-order valence-electron chi connectivity index (χ4n) is 4.65. The molecule has 182 valence electrons. The molecule has 0 aliphatic carbocycles. The lowest BCUT2D eigenvalue weighted by Gasteiger charge is -2.39. The average molecular weight is 485 g/mol. The van der Waals surface area contributed by atoms with Crippen LogP contribution in [0.25, 0.3) is 10.9 Å². The average Bonchev–Trinajstić information content (AvgIpc) is 2.87. The van der Waals surface area contributed by atoms with Crippen molar-refractivity contribution < 1.29 is 13.2 Å². The highest BCUT2D eigenvalue weighted by Gasteiger charge is 2.33.